The third-order valence-corrected chi connectivity index (χ3v) is 4.50. The molecule has 7 heteroatoms. The number of nitrogens with two attached hydrogens (primary N) is 1. The lowest BCUT2D eigenvalue weighted by atomic mass is 10.3. The Balaban J connectivity index is 0.00000144. The average Bonchev–Trinajstić information content (AvgIpc) is 2.65. The Kier molecular flexibility index (Phi) is 4.37. The van der Waals surface area contributed by atoms with Crippen LogP contribution in [0.2, 0.25) is 0 Å². The highest BCUT2D eigenvalue weighted by atomic mass is 35.5. The second-order valence-electron chi connectivity index (χ2n) is 3.91. The zero-order valence-electron chi connectivity index (χ0n) is 9.11. The molecule has 0 spiro atoms. The minimum absolute atomic E-state index is 0. The first-order valence-electron chi connectivity index (χ1n) is 5.05. The van der Waals surface area contributed by atoms with E-state index in [1.54, 1.807) is 0 Å². The molecule has 1 fully saturated rings. The van der Waals surface area contributed by atoms with Gasteiger partial charge in [0.25, 0.3) is 0 Å². The largest absolute Gasteiger partial charge is 0.508 e. The van der Waals surface area contributed by atoms with Crippen molar-refractivity contribution in [2.45, 2.75) is 17.4 Å². The van der Waals surface area contributed by atoms with Crippen molar-refractivity contribution in [3.05, 3.63) is 24.3 Å². The summed E-state index contributed by atoms with van der Waals surface area (Å²) in [6.45, 7) is 0.789. The van der Waals surface area contributed by atoms with E-state index in [9.17, 15) is 13.5 Å². The van der Waals surface area contributed by atoms with Crippen LogP contribution in [0.15, 0.2) is 29.2 Å². The number of phenols is 1. The molecule has 0 amide bonds. The Labute approximate surface area is 107 Å². The van der Waals surface area contributed by atoms with Crippen LogP contribution in [-0.2, 0) is 10.0 Å². The maximum atomic E-state index is 12.1. The van der Waals surface area contributed by atoms with Gasteiger partial charge in [-0.2, -0.15) is 4.31 Å². The normalized spacial score (nSPS) is 21.1. The van der Waals surface area contributed by atoms with Crippen molar-refractivity contribution in [2.75, 3.05) is 13.1 Å². The molecule has 0 bridgehead atoms. The number of nitrogens with zero attached hydrogens (tertiary/aromatic N) is 1. The molecule has 2 rings (SSSR count). The van der Waals surface area contributed by atoms with E-state index in [2.05, 4.69) is 0 Å². The quantitative estimate of drug-likeness (QED) is 0.827. The number of hydrogen-bond donors (Lipinski definition) is 2. The zero-order valence-corrected chi connectivity index (χ0v) is 10.7. The van der Waals surface area contributed by atoms with E-state index in [1.807, 2.05) is 0 Å². The molecule has 1 atom stereocenters. The van der Waals surface area contributed by atoms with E-state index >= 15 is 0 Å². The van der Waals surface area contributed by atoms with Crippen LogP contribution in [0.1, 0.15) is 6.42 Å². The van der Waals surface area contributed by atoms with Gasteiger partial charge in [0.2, 0.25) is 10.0 Å². The fraction of sp³-hybridized carbons (Fsp3) is 0.400. The summed E-state index contributed by atoms with van der Waals surface area (Å²) in [5.74, 6) is -0.0513. The van der Waals surface area contributed by atoms with E-state index in [4.69, 9.17) is 5.73 Å². The minimum atomic E-state index is -3.50. The van der Waals surface area contributed by atoms with Crippen molar-refractivity contribution in [1.82, 2.24) is 4.31 Å². The molecule has 1 aliphatic heterocycles. The topological polar surface area (TPSA) is 83.6 Å². The molecule has 0 aromatic heterocycles. The van der Waals surface area contributed by atoms with Crippen LogP contribution in [0.5, 0.6) is 5.75 Å². The van der Waals surface area contributed by atoms with Crippen LogP contribution in [-0.4, -0.2) is 37.0 Å². The monoisotopic (exact) mass is 278 g/mol. The van der Waals surface area contributed by atoms with Crippen molar-refractivity contribution in [2.24, 2.45) is 5.73 Å². The Morgan fingerprint density at radius 1 is 1.41 bits per heavy atom. The number of phenolic OH excluding ortho intramolecular Hbond substituents is 1. The van der Waals surface area contributed by atoms with E-state index in [-0.39, 0.29) is 29.1 Å². The lowest BCUT2D eigenvalue weighted by molar-refractivity contribution is 0.463. The molecule has 3 N–H and O–H groups in total. The summed E-state index contributed by atoms with van der Waals surface area (Å²) in [5, 5.41) is 9.26. The third-order valence-electron chi connectivity index (χ3n) is 2.64. The summed E-state index contributed by atoms with van der Waals surface area (Å²) >= 11 is 0. The standard InChI is InChI=1S/C10H14N2O3S.ClH/c11-8-4-5-12(7-8)16(14,15)10-3-1-2-9(13)6-10;/h1-3,6,8,13H,4-5,7,11H2;1H/t8-;/m0./s1. The van der Waals surface area contributed by atoms with Crippen LogP contribution in [0, 0.1) is 0 Å². The van der Waals surface area contributed by atoms with Gasteiger partial charge in [0.15, 0.2) is 0 Å². The number of sulfonamides is 1. The van der Waals surface area contributed by atoms with Crippen molar-refractivity contribution < 1.29 is 13.5 Å². The molecular weight excluding hydrogens is 264 g/mol. The fourth-order valence-electron chi connectivity index (χ4n) is 1.77. The summed E-state index contributed by atoms with van der Waals surface area (Å²) in [6.07, 6.45) is 0.679. The summed E-state index contributed by atoms with van der Waals surface area (Å²) < 4.78 is 25.5. The molecule has 0 saturated carbocycles. The minimum Gasteiger partial charge on any atom is -0.508 e. The Morgan fingerprint density at radius 2 is 2.12 bits per heavy atom. The Hall–Kier alpha value is -0.820. The van der Waals surface area contributed by atoms with Crippen molar-refractivity contribution in [3.63, 3.8) is 0 Å². The van der Waals surface area contributed by atoms with Gasteiger partial charge in [-0.3, -0.25) is 0 Å². The number of aromatic hydroxyl groups is 1. The van der Waals surface area contributed by atoms with E-state index < -0.39 is 10.0 Å². The Morgan fingerprint density at radius 3 is 2.65 bits per heavy atom. The third kappa shape index (κ3) is 2.90. The molecule has 5 nitrogen and oxygen atoms in total. The maximum absolute atomic E-state index is 12.1. The summed E-state index contributed by atoms with van der Waals surface area (Å²) in [6, 6.07) is 5.58. The highest BCUT2D eigenvalue weighted by molar-refractivity contribution is 7.89. The summed E-state index contributed by atoms with van der Waals surface area (Å²) in [5.41, 5.74) is 5.67. The highest BCUT2D eigenvalue weighted by Crippen LogP contribution is 2.22. The second-order valence-corrected chi connectivity index (χ2v) is 5.85. The van der Waals surface area contributed by atoms with Crippen molar-refractivity contribution >= 4 is 22.4 Å². The van der Waals surface area contributed by atoms with Crippen LogP contribution in [0.4, 0.5) is 0 Å². The van der Waals surface area contributed by atoms with Gasteiger partial charge in [-0.15, -0.1) is 12.4 Å². The highest BCUT2D eigenvalue weighted by Gasteiger charge is 2.30. The molecular formula is C10H15ClN2O3S. The molecule has 17 heavy (non-hydrogen) atoms. The second kappa shape index (κ2) is 5.22. The van der Waals surface area contributed by atoms with Gasteiger partial charge in [0.1, 0.15) is 5.75 Å². The lowest BCUT2D eigenvalue weighted by Crippen LogP contribution is -2.31. The average molecular weight is 279 g/mol. The van der Waals surface area contributed by atoms with Gasteiger partial charge < -0.3 is 10.8 Å². The van der Waals surface area contributed by atoms with Crippen molar-refractivity contribution in [3.8, 4) is 5.75 Å². The molecule has 96 valence electrons. The fourth-order valence-corrected chi connectivity index (χ4v) is 3.32. The van der Waals surface area contributed by atoms with Crippen LogP contribution < -0.4 is 5.73 Å². The van der Waals surface area contributed by atoms with Gasteiger partial charge in [-0.05, 0) is 24.6 Å². The van der Waals surface area contributed by atoms with Crippen molar-refractivity contribution in [1.29, 1.82) is 0 Å². The van der Waals surface area contributed by atoms with Gasteiger partial charge >= 0.3 is 0 Å². The van der Waals surface area contributed by atoms with E-state index in [1.165, 1.54) is 28.6 Å². The summed E-state index contributed by atoms with van der Waals surface area (Å²) in [7, 11) is -3.50. The number of benzene rings is 1. The first-order chi connectivity index (χ1) is 7.50. The van der Waals surface area contributed by atoms with E-state index in [0.717, 1.165) is 0 Å². The molecule has 1 aliphatic rings. The molecule has 1 aromatic carbocycles. The first-order valence-corrected chi connectivity index (χ1v) is 6.49. The van der Waals surface area contributed by atoms with Crippen LogP contribution in [0.25, 0.3) is 0 Å². The van der Waals surface area contributed by atoms with Crippen LogP contribution in [0.3, 0.4) is 0 Å². The zero-order chi connectivity index (χ0) is 11.8. The van der Waals surface area contributed by atoms with Gasteiger partial charge in [-0.1, -0.05) is 6.07 Å². The molecule has 1 heterocycles. The predicted octanol–water partition coefficient (Wildman–Crippen LogP) is 0.536. The number of halogens is 1. The molecule has 0 unspecified atom stereocenters. The van der Waals surface area contributed by atoms with Gasteiger partial charge in [0.05, 0.1) is 4.90 Å². The van der Waals surface area contributed by atoms with Gasteiger partial charge in [0, 0.05) is 19.1 Å². The number of hydrogen-bond acceptors (Lipinski definition) is 4. The lowest BCUT2D eigenvalue weighted by Gasteiger charge is -2.15. The van der Waals surface area contributed by atoms with Crippen LogP contribution >= 0.6 is 12.4 Å². The number of rotatable bonds is 2. The smallest absolute Gasteiger partial charge is 0.243 e. The molecule has 0 aliphatic carbocycles. The molecule has 1 saturated heterocycles. The first kappa shape index (κ1) is 14.2. The predicted molar refractivity (Wildman–Crippen MR) is 66.7 cm³/mol. The SMILES string of the molecule is Cl.N[C@H]1CCN(S(=O)(=O)c2cccc(O)c2)C1. The maximum Gasteiger partial charge on any atom is 0.243 e. The molecule has 1 aromatic rings. The van der Waals surface area contributed by atoms with Gasteiger partial charge in [-0.25, -0.2) is 8.42 Å². The summed E-state index contributed by atoms with van der Waals surface area (Å²) in [4.78, 5) is 0.113. The Bertz CT molecular complexity index is 492. The molecule has 0 radical (unpaired) electrons. The van der Waals surface area contributed by atoms with E-state index in [0.29, 0.717) is 19.5 Å².